The predicted octanol–water partition coefficient (Wildman–Crippen LogP) is 1.13. The highest BCUT2D eigenvalue weighted by atomic mass is 79.9. The van der Waals surface area contributed by atoms with E-state index in [2.05, 4.69) is 20.9 Å². The molecule has 1 heterocycles. The highest BCUT2D eigenvalue weighted by Crippen LogP contribution is 2.35. The van der Waals surface area contributed by atoms with Crippen LogP contribution in [0.5, 0.6) is 5.75 Å². The first-order valence-corrected chi connectivity index (χ1v) is 5.77. The third kappa shape index (κ3) is 2.41. The van der Waals surface area contributed by atoms with Crippen molar-refractivity contribution in [3.05, 3.63) is 16.4 Å². The van der Waals surface area contributed by atoms with Gasteiger partial charge in [0, 0.05) is 0 Å². The number of aromatic nitrogens is 1. The first kappa shape index (κ1) is 12.3. The molecule has 0 aliphatic heterocycles. The van der Waals surface area contributed by atoms with E-state index >= 15 is 0 Å². The van der Waals surface area contributed by atoms with Crippen LogP contribution in [0.25, 0.3) is 0 Å². The molecule has 15 heavy (non-hydrogen) atoms. The van der Waals surface area contributed by atoms with Crippen molar-refractivity contribution in [1.29, 1.82) is 0 Å². The zero-order valence-electron chi connectivity index (χ0n) is 6.99. The van der Waals surface area contributed by atoms with Gasteiger partial charge in [0.15, 0.2) is 5.75 Å². The van der Waals surface area contributed by atoms with Crippen LogP contribution in [0.2, 0.25) is 0 Å². The third-order valence-electron chi connectivity index (χ3n) is 1.50. The molecule has 1 aromatic rings. The Morgan fingerprint density at radius 3 is 2.40 bits per heavy atom. The van der Waals surface area contributed by atoms with Gasteiger partial charge in [-0.2, -0.15) is 0 Å². The van der Waals surface area contributed by atoms with Crippen molar-refractivity contribution in [3.8, 4) is 5.75 Å². The molecular formula is C6H5BrF2N2O3S. The van der Waals surface area contributed by atoms with Crippen LogP contribution < -0.4 is 5.14 Å². The molecular weight excluding hydrogens is 298 g/mol. The summed E-state index contributed by atoms with van der Waals surface area (Å²) in [5.41, 5.74) is -0.947. The van der Waals surface area contributed by atoms with Crippen LogP contribution >= 0.6 is 15.9 Å². The van der Waals surface area contributed by atoms with E-state index in [0.717, 1.165) is 6.20 Å². The molecule has 0 fully saturated rings. The zero-order chi connectivity index (χ0) is 11.8. The van der Waals surface area contributed by atoms with Crippen LogP contribution in [0, 0.1) is 0 Å². The molecule has 0 amide bonds. The largest absolute Gasteiger partial charge is 0.505 e. The first-order valence-electron chi connectivity index (χ1n) is 3.43. The summed E-state index contributed by atoms with van der Waals surface area (Å²) in [6.45, 7) is 0. The number of aromatic hydroxyl groups is 1. The van der Waals surface area contributed by atoms with Crippen molar-refractivity contribution in [1.82, 2.24) is 4.98 Å². The smallest absolute Gasteiger partial charge is 0.267 e. The highest BCUT2D eigenvalue weighted by Gasteiger charge is 2.27. The normalized spacial score (nSPS) is 12.1. The molecule has 0 saturated heterocycles. The minimum atomic E-state index is -4.43. The Morgan fingerprint density at radius 1 is 1.53 bits per heavy atom. The van der Waals surface area contributed by atoms with E-state index in [4.69, 9.17) is 10.2 Å². The van der Waals surface area contributed by atoms with E-state index in [0.29, 0.717) is 0 Å². The Hall–Kier alpha value is -0.800. The number of nitrogens with two attached hydrogens (primary N) is 1. The van der Waals surface area contributed by atoms with E-state index < -0.39 is 32.7 Å². The van der Waals surface area contributed by atoms with Gasteiger partial charge < -0.3 is 5.11 Å². The van der Waals surface area contributed by atoms with Gasteiger partial charge in [0.25, 0.3) is 6.43 Å². The summed E-state index contributed by atoms with van der Waals surface area (Å²) in [6, 6.07) is 0. The van der Waals surface area contributed by atoms with Crippen molar-refractivity contribution in [2.45, 2.75) is 11.3 Å². The topological polar surface area (TPSA) is 93.3 Å². The van der Waals surface area contributed by atoms with E-state index in [-0.39, 0.29) is 4.60 Å². The average Bonchev–Trinajstić information content (AvgIpc) is 2.05. The third-order valence-corrected chi connectivity index (χ3v) is 3.13. The lowest BCUT2D eigenvalue weighted by atomic mass is 10.3. The lowest BCUT2D eigenvalue weighted by Crippen LogP contribution is -2.16. The van der Waals surface area contributed by atoms with Crippen LogP contribution in [-0.4, -0.2) is 18.5 Å². The summed E-state index contributed by atoms with van der Waals surface area (Å²) in [4.78, 5) is 2.33. The molecule has 5 nitrogen and oxygen atoms in total. The van der Waals surface area contributed by atoms with Gasteiger partial charge in [-0.25, -0.2) is 27.3 Å². The second-order valence-electron chi connectivity index (χ2n) is 2.52. The van der Waals surface area contributed by atoms with Crippen LogP contribution in [0.4, 0.5) is 8.78 Å². The second-order valence-corrected chi connectivity index (χ2v) is 4.77. The number of pyridine rings is 1. The number of alkyl halides is 2. The Bertz CT molecular complexity index is 491. The van der Waals surface area contributed by atoms with Gasteiger partial charge in [-0.3, -0.25) is 0 Å². The highest BCUT2D eigenvalue weighted by molar-refractivity contribution is 9.10. The molecule has 0 saturated carbocycles. The van der Waals surface area contributed by atoms with Crippen molar-refractivity contribution in [2.24, 2.45) is 5.14 Å². The quantitative estimate of drug-likeness (QED) is 0.801. The maximum absolute atomic E-state index is 12.5. The molecule has 0 bridgehead atoms. The molecule has 0 aliphatic carbocycles. The Labute approximate surface area is 92.1 Å². The van der Waals surface area contributed by atoms with Gasteiger partial charge in [-0.1, -0.05) is 0 Å². The Kier molecular flexibility index (Phi) is 3.26. The van der Waals surface area contributed by atoms with Gasteiger partial charge in [0.2, 0.25) is 10.0 Å². The summed E-state index contributed by atoms with van der Waals surface area (Å²) >= 11 is 2.65. The molecule has 84 valence electrons. The number of sulfonamides is 1. The number of hydrogen-bond acceptors (Lipinski definition) is 4. The molecule has 0 atom stereocenters. The van der Waals surface area contributed by atoms with Gasteiger partial charge in [-0.05, 0) is 15.9 Å². The summed E-state index contributed by atoms with van der Waals surface area (Å²) in [7, 11) is -4.43. The summed E-state index contributed by atoms with van der Waals surface area (Å²) in [5.74, 6) is -0.906. The number of rotatable bonds is 2. The van der Waals surface area contributed by atoms with Crippen LogP contribution in [-0.2, 0) is 10.0 Å². The first-order chi connectivity index (χ1) is 6.75. The van der Waals surface area contributed by atoms with Gasteiger partial charge >= 0.3 is 0 Å². The summed E-state index contributed by atoms with van der Waals surface area (Å²) < 4.78 is 46.6. The van der Waals surface area contributed by atoms with E-state index in [9.17, 15) is 17.2 Å². The number of hydrogen-bond donors (Lipinski definition) is 2. The lowest BCUT2D eigenvalue weighted by molar-refractivity contribution is 0.145. The fraction of sp³-hybridized carbons (Fsp3) is 0.167. The van der Waals surface area contributed by atoms with Gasteiger partial charge in [0.1, 0.15) is 9.50 Å². The minimum absolute atomic E-state index is 0.376. The molecule has 0 aromatic carbocycles. The van der Waals surface area contributed by atoms with Crippen molar-refractivity contribution < 1.29 is 22.3 Å². The standard InChI is InChI=1S/C6H5BrF2N2O3S/c7-5-3(6(8)9)4(15(10,13)14)2(12)1-11-5/h1,6,12H,(H2,10,13,14). The minimum Gasteiger partial charge on any atom is -0.505 e. The Morgan fingerprint density at radius 2 is 2.07 bits per heavy atom. The fourth-order valence-corrected chi connectivity index (χ4v) is 2.41. The van der Waals surface area contributed by atoms with E-state index in [1.54, 1.807) is 0 Å². The fourth-order valence-electron chi connectivity index (χ4n) is 0.966. The van der Waals surface area contributed by atoms with Crippen molar-refractivity contribution in [3.63, 3.8) is 0 Å². The summed E-state index contributed by atoms with van der Waals surface area (Å²) in [6.07, 6.45) is -2.40. The maximum atomic E-state index is 12.5. The average molecular weight is 303 g/mol. The van der Waals surface area contributed by atoms with E-state index in [1.165, 1.54) is 0 Å². The monoisotopic (exact) mass is 302 g/mol. The molecule has 0 spiro atoms. The number of halogens is 3. The lowest BCUT2D eigenvalue weighted by Gasteiger charge is -2.09. The molecule has 1 aromatic heterocycles. The van der Waals surface area contributed by atoms with Crippen LogP contribution in [0.3, 0.4) is 0 Å². The molecule has 0 radical (unpaired) electrons. The van der Waals surface area contributed by atoms with Crippen molar-refractivity contribution >= 4 is 26.0 Å². The zero-order valence-corrected chi connectivity index (χ0v) is 9.39. The maximum Gasteiger partial charge on any atom is 0.267 e. The number of nitrogens with zero attached hydrogens (tertiary/aromatic N) is 1. The summed E-state index contributed by atoms with van der Waals surface area (Å²) in [5, 5.41) is 13.8. The molecule has 1 rings (SSSR count). The second kappa shape index (κ2) is 3.99. The molecule has 0 aliphatic rings. The SMILES string of the molecule is NS(=O)(=O)c1c(O)cnc(Br)c1C(F)F. The molecule has 3 N–H and O–H groups in total. The predicted molar refractivity (Wildman–Crippen MR) is 49.9 cm³/mol. The molecule has 9 heteroatoms. The number of primary sulfonamides is 1. The van der Waals surface area contributed by atoms with E-state index in [1.807, 2.05) is 0 Å². The van der Waals surface area contributed by atoms with Crippen molar-refractivity contribution in [2.75, 3.05) is 0 Å². The van der Waals surface area contributed by atoms with Crippen LogP contribution in [0.1, 0.15) is 12.0 Å². The Balaban J connectivity index is 3.68. The van der Waals surface area contributed by atoms with Gasteiger partial charge in [-0.15, -0.1) is 0 Å². The molecule has 0 unspecified atom stereocenters. The van der Waals surface area contributed by atoms with Gasteiger partial charge in [0.05, 0.1) is 11.8 Å². The van der Waals surface area contributed by atoms with Crippen LogP contribution in [0.15, 0.2) is 15.7 Å².